The van der Waals surface area contributed by atoms with Gasteiger partial charge in [-0.25, -0.2) is 0 Å². The molecule has 4 nitrogen and oxygen atoms in total. The molecule has 0 spiro atoms. The van der Waals surface area contributed by atoms with Crippen LogP contribution in [0.2, 0.25) is 0 Å². The number of carboxylic acid groups (broad SMARTS) is 1. The maximum Gasteiger partial charge on any atom is 0.307 e. The van der Waals surface area contributed by atoms with Gasteiger partial charge in [0.1, 0.15) is 6.10 Å². The number of esters is 1. The van der Waals surface area contributed by atoms with Crippen molar-refractivity contribution >= 4 is 11.9 Å². The molecule has 0 radical (unpaired) electrons. The van der Waals surface area contributed by atoms with E-state index in [2.05, 4.69) is 6.92 Å². The maximum absolute atomic E-state index is 11.4. The topological polar surface area (TPSA) is 63.6 Å². The number of carbonyl (C=O) groups is 2. The van der Waals surface area contributed by atoms with Crippen LogP contribution in [0.3, 0.4) is 0 Å². The molecule has 0 aliphatic carbocycles. The van der Waals surface area contributed by atoms with Crippen molar-refractivity contribution in [3.05, 3.63) is 0 Å². The van der Waals surface area contributed by atoms with Crippen LogP contribution in [0, 0.1) is 0 Å². The Morgan fingerprint density at radius 3 is 2.28 bits per heavy atom. The molecule has 0 fully saturated rings. The van der Waals surface area contributed by atoms with Gasteiger partial charge in [-0.2, -0.15) is 0 Å². The second kappa shape index (κ2) is 11.1. The Kier molecular flexibility index (Phi) is 10.4. The third-order valence-electron chi connectivity index (χ3n) is 2.78. The van der Waals surface area contributed by atoms with Crippen molar-refractivity contribution in [1.82, 2.24) is 0 Å². The van der Waals surface area contributed by atoms with Gasteiger partial charge in [0.05, 0.1) is 6.42 Å². The summed E-state index contributed by atoms with van der Waals surface area (Å²) < 4.78 is 5.19. The molecule has 0 aliphatic heterocycles. The van der Waals surface area contributed by atoms with Gasteiger partial charge >= 0.3 is 11.9 Å². The molecular formula is C14H26O4. The van der Waals surface area contributed by atoms with E-state index < -0.39 is 12.1 Å². The minimum atomic E-state index is -0.905. The summed E-state index contributed by atoms with van der Waals surface area (Å²) in [6.07, 6.45) is 6.79. The van der Waals surface area contributed by atoms with Crippen molar-refractivity contribution in [2.24, 2.45) is 0 Å². The molecule has 0 aromatic heterocycles. The molecular weight excluding hydrogens is 232 g/mol. The van der Waals surface area contributed by atoms with Crippen molar-refractivity contribution in [2.75, 3.05) is 0 Å². The first kappa shape index (κ1) is 16.9. The fourth-order valence-corrected chi connectivity index (χ4v) is 1.82. The SMILES string of the molecule is CCCCCCCC(CC(=O)O)OC(=O)CCC. The zero-order valence-electron chi connectivity index (χ0n) is 11.6. The Balaban J connectivity index is 3.91. The van der Waals surface area contributed by atoms with Gasteiger partial charge in [-0.1, -0.05) is 39.5 Å². The lowest BCUT2D eigenvalue weighted by Gasteiger charge is -2.15. The lowest BCUT2D eigenvalue weighted by atomic mass is 10.1. The number of carboxylic acids is 1. The number of hydrogen-bond acceptors (Lipinski definition) is 3. The van der Waals surface area contributed by atoms with Crippen LogP contribution in [0.5, 0.6) is 0 Å². The normalized spacial score (nSPS) is 12.1. The largest absolute Gasteiger partial charge is 0.481 e. The van der Waals surface area contributed by atoms with Crippen LogP contribution in [0.1, 0.15) is 71.6 Å². The average molecular weight is 258 g/mol. The summed E-state index contributed by atoms with van der Waals surface area (Å²) in [5.74, 6) is -1.19. The summed E-state index contributed by atoms with van der Waals surface area (Å²) in [7, 11) is 0. The number of aliphatic carboxylic acids is 1. The standard InChI is InChI=1S/C14H26O4/c1-3-5-6-7-8-10-12(11-13(15)16)18-14(17)9-4-2/h12H,3-11H2,1-2H3,(H,15,16). The molecule has 1 N–H and O–H groups in total. The highest BCUT2D eigenvalue weighted by atomic mass is 16.5. The van der Waals surface area contributed by atoms with Gasteiger partial charge in [-0.05, 0) is 19.3 Å². The molecule has 0 saturated carbocycles. The van der Waals surface area contributed by atoms with Gasteiger partial charge in [0, 0.05) is 6.42 Å². The molecule has 0 heterocycles. The first-order valence-corrected chi connectivity index (χ1v) is 7.01. The van der Waals surface area contributed by atoms with E-state index in [0.29, 0.717) is 12.8 Å². The minimum Gasteiger partial charge on any atom is -0.481 e. The van der Waals surface area contributed by atoms with E-state index in [1.807, 2.05) is 6.92 Å². The van der Waals surface area contributed by atoms with E-state index in [9.17, 15) is 9.59 Å². The maximum atomic E-state index is 11.4. The van der Waals surface area contributed by atoms with E-state index in [1.54, 1.807) is 0 Å². The van der Waals surface area contributed by atoms with Crippen molar-refractivity contribution in [3.8, 4) is 0 Å². The molecule has 106 valence electrons. The Morgan fingerprint density at radius 2 is 1.72 bits per heavy atom. The number of carbonyl (C=O) groups excluding carboxylic acids is 1. The molecule has 0 aromatic rings. The molecule has 1 atom stereocenters. The Bertz CT molecular complexity index is 238. The lowest BCUT2D eigenvalue weighted by Crippen LogP contribution is -2.21. The van der Waals surface area contributed by atoms with Crippen molar-refractivity contribution in [2.45, 2.75) is 77.7 Å². The molecule has 1 unspecified atom stereocenters. The fraction of sp³-hybridized carbons (Fsp3) is 0.857. The smallest absolute Gasteiger partial charge is 0.307 e. The molecule has 0 aromatic carbocycles. The molecule has 4 heteroatoms. The lowest BCUT2D eigenvalue weighted by molar-refractivity contribution is -0.153. The minimum absolute atomic E-state index is 0.0801. The third kappa shape index (κ3) is 10.1. The van der Waals surface area contributed by atoms with Gasteiger partial charge in [0.25, 0.3) is 0 Å². The first-order chi connectivity index (χ1) is 8.60. The molecule has 0 rings (SSSR count). The summed E-state index contributed by atoms with van der Waals surface area (Å²) in [4.78, 5) is 22.0. The monoisotopic (exact) mass is 258 g/mol. The van der Waals surface area contributed by atoms with Gasteiger partial charge in [0.15, 0.2) is 0 Å². The van der Waals surface area contributed by atoms with Gasteiger partial charge < -0.3 is 9.84 Å². The van der Waals surface area contributed by atoms with E-state index >= 15 is 0 Å². The zero-order valence-corrected chi connectivity index (χ0v) is 11.6. The summed E-state index contributed by atoms with van der Waals surface area (Å²) in [5, 5.41) is 8.78. The van der Waals surface area contributed by atoms with Crippen LogP contribution in [0.15, 0.2) is 0 Å². The van der Waals surface area contributed by atoms with Gasteiger partial charge in [-0.3, -0.25) is 9.59 Å². The Morgan fingerprint density at radius 1 is 1.06 bits per heavy atom. The van der Waals surface area contributed by atoms with Gasteiger partial charge in [-0.15, -0.1) is 0 Å². The highest BCUT2D eigenvalue weighted by Crippen LogP contribution is 2.13. The quantitative estimate of drug-likeness (QED) is 0.455. The first-order valence-electron chi connectivity index (χ1n) is 7.01. The second-order valence-electron chi connectivity index (χ2n) is 4.66. The van der Waals surface area contributed by atoms with Crippen LogP contribution in [0.4, 0.5) is 0 Å². The number of ether oxygens (including phenoxy) is 1. The second-order valence-corrected chi connectivity index (χ2v) is 4.66. The predicted octanol–water partition coefficient (Wildman–Crippen LogP) is 3.53. The van der Waals surface area contributed by atoms with Crippen LogP contribution < -0.4 is 0 Å². The summed E-state index contributed by atoms with van der Waals surface area (Å²) >= 11 is 0. The van der Waals surface area contributed by atoms with E-state index in [4.69, 9.17) is 9.84 Å². The van der Waals surface area contributed by atoms with Crippen LogP contribution >= 0.6 is 0 Å². The zero-order chi connectivity index (χ0) is 13.8. The Labute approximate surface area is 110 Å². The van der Waals surface area contributed by atoms with Crippen molar-refractivity contribution in [1.29, 1.82) is 0 Å². The van der Waals surface area contributed by atoms with Crippen molar-refractivity contribution in [3.63, 3.8) is 0 Å². The van der Waals surface area contributed by atoms with Crippen LogP contribution in [-0.4, -0.2) is 23.1 Å². The number of rotatable bonds is 11. The van der Waals surface area contributed by atoms with E-state index in [-0.39, 0.29) is 12.4 Å². The number of hydrogen-bond donors (Lipinski definition) is 1. The third-order valence-corrected chi connectivity index (χ3v) is 2.78. The fourth-order valence-electron chi connectivity index (χ4n) is 1.82. The predicted molar refractivity (Wildman–Crippen MR) is 70.4 cm³/mol. The molecule has 0 saturated heterocycles. The average Bonchev–Trinajstić information content (AvgIpc) is 2.28. The molecule has 0 amide bonds. The van der Waals surface area contributed by atoms with Crippen molar-refractivity contribution < 1.29 is 19.4 Å². The highest BCUT2D eigenvalue weighted by Gasteiger charge is 2.17. The summed E-state index contributed by atoms with van der Waals surface area (Å²) in [5.41, 5.74) is 0. The molecule has 18 heavy (non-hydrogen) atoms. The Hall–Kier alpha value is -1.06. The molecule has 0 aliphatic rings. The van der Waals surface area contributed by atoms with Crippen LogP contribution in [0.25, 0.3) is 0 Å². The highest BCUT2D eigenvalue weighted by molar-refractivity contribution is 5.71. The summed E-state index contributed by atoms with van der Waals surface area (Å²) in [6.45, 7) is 4.05. The van der Waals surface area contributed by atoms with E-state index in [0.717, 1.165) is 19.3 Å². The van der Waals surface area contributed by atoms with E-state index in [1.165, 1.54) is 19.3 Å². The van der Waals surface area contributed by atoms with Gasteiger partial charge in [0.2, 0.25) is 0 Å². The molecule has 0 bridgehead atoms. The summed E-state index contributed by atoms with van der Waals surface area (Å²) in [6, 6.07) is 0. The number of unbranched alkanes of at least 4 members (excludes halogenated alkanes) is 4. The van der Waals surface area contributed by atoms with Crippen LogP contribution in [-0.2, 0) is 14.3 Å².